The molecule has 1 aromatic carbocycles. The zero-order valence-electron chi connectivity index (χ0n) is 11.6. The molecule has 1 amide bonds. The van der Waals surface area contributed by atoms with E-state index in [4.69, 9.17) is 9.84 Å². The number of carboxylic acids is 1. The lowest BCUT2D eigenvalue weighted by Gasteiger charge is -2.17. The number of carbonyl (C=O) groups excluding carboxylic acids is 1. The SMILES string of the molecule is CC[C@H](NC(=O)[C@@H]1C[C@@H]1C(=O)O)c1ccc(OC)cc1. The minimum atomic E-state index is -0.886. The van der Waals surface area contributed by atoms with Crippen LogP contribution in [0, 0.1) is 11.8 Å². The van der Waals surface area contributed by atoms with Gasteiger partial charge in [-0.15, -0.1) is 0 Å². The number of rotatable bonds is 6. The molecule has 0 spiro atoms. The van der Waals surface area contributed by atoms with Gasteiger partial charge in [0.1, 0.15) is 5.75 Å². The van der Waals surface area contributed by atoms with E-state index in [0.717, 1.165) is 17.7 Å². The Bertz CT molecular complexity index is 497. The van der Waals surface area contributed by atoms with Gasteiger partial charge in [-0.3, -0.25) is 9.59 Å². The lowest BCUT2D eigenvalue weighted by Crippen LogP contribution is -2.30. The Labute approximate surface area is 117 Å². The second kappa shape index (κ2) is 5.94. The van der Waals surface area contributed by atoms with E-state index in [1.807, 2.05) is 31.2 Å². The quantitative estimate of drug-likeness (QED) is 0.833. The van der Waals surface area contributed by atoms with Crippen LogP contribution in [0.4, 0.5) is 0 Å². The van der Waals surface area contributed by atoms with Gasteiger partial charge in [0.25, 0.3) is 0 Å². The van der Waals surface area contributed by atoms with Crippen LogP contribution in [0.25, 0.3) is 0 Å². The molecule has 0 aromatic heterocycles. The van der Waals surface area contributed by atoms with E-state index in [9.17, 15) is 9.59 Å². The smallest absolute Gasteiger partial charge is 0.307 e. The summed E-state index contributed by atoms with van der Waals surface area (Å²) in [4.78, 5) is 22.8. The maximum Gasteiger partial charge on any atom is 0.307 e. The highest BCUT2D eigenvalue weighted by molar-refractivity contribution is 5.89. The first kappa shape index (κ1) is 14.4. The predicted octanol–water partition coefficient (Wildman–Crippen LogP) is 1.98. The number of ether oxygens (including phenoxy) is 1. The number of hydrogen-bond donors (Lipinski definition) is 2. The first-order chi connectivity index (χ1) is 9.56. The molecule has 1 aromatic rings. The number of benzene rings is 1. The van der Waals surface area contributed by atoms with Gasteiger partial charge in [0.05, 0.1) is 25.0 Å². The van der Waals surface area contributed by atoms with Crippen LogP contribution in [0.2, 0.25) is 0 Å². The van der Waals surface area contributed by atoms with Crippen molar-refractivity contribution in [3.8, 4) is 5.75 Å². The molecular weight excluding hydrogens is 258 g/mol. The molecule has 0 saturated heterocycles. The van der Waals surface area contributed by atoms with Gasteiger partial charge < -0.3 is 15.2 Å². The van der Waals surface area contributed by atoms with Crippen molar-refractivity contribution < 1.29 is 19.4 Å². The van der Waals surface area contributed by atoms with E-state index in [0.29, 0.717) is 6.42 Å². The maximum atomic E-state index is 12.0. The summed E-state index contributed by atoms with van der Waals surface area (Å²) in [5.74, 6) is -1.17. The molecule has 1 saturated carbocycles. The Morgan fingerprint density at radius 3 is 2.45 bits per heavy atom. The molecule has 3 atom stereocenters. The van der Waals surface area contributed by atoms with Crippen molar-refractivity contribution >= 4 is 11.9 Å². The number of amides is 1. The van der Waals surface area contributed by atoms with Gasteiger partial charge in [-0.2, -0.15) is 0 Å². The number of carboxylic acid groups (broad SMARTS) is 1. The molecule has 0 radical (unpaired) electrons. The first-order valence-electron chi connectivity index (χ1n) is 6.74. The van der Waals surface area contributed by atoms with Gasteiger partial charge in [0, 0.05) is 0 Å². The number of carbonyl (C=O) groups is 2. The van der Waals surface area contributed by atoms with Crippen LogP contribution in [0.3, 0.4) is 0 Å². The summed E-state index contributed by atoms with van der Waals surface area (Å²) in [6.45, 7) is 1.98. The molecule has 20 heavy (non-hydrogen) atoms. The van der Waals surface area contributed by atoms with Crippen LogP contribution in [0.15, 0.2) is 24.3 Å². The molecule has 108 valence electrons. The zero-order chi connectivity index (χ0) is 14.7. The van der Waals surface area contributed by atoms with E-state index >= 15 is 0 Å². The Morgan fingerprint density at radius 2 is 2.00 bits per heavy atom. The summed E-state index contributed by atoms with van der Waals surface area (Å²) in [5.41, 5.74) is 0.995. The van der Waals surface area contributed by atoms with E-state index < -0.39 is 11.9 Å². The minimum absolute atomic E-state index is 0.0940. The van der Waals surface area contributed by atoms with Crippen molar-refractivity contribution in [2.24, 2.45) is 11.8 Å². The molecule has 1 fully saturated rings. The second-order valence-electron chi connectivity index (χ2n) is 5.03. The summed E-state index contributed by atoms with van der Waals surface area (Å²) >= 11 is 0. The molecule has 0 bridgehead atoms. The van der Waals surface area contributed by atoms with Gasteiger partial charge in [-0.25, -0.2) is 0 Å². The largest absolute Gasteiger partial charge is 0.497 e. The van der Waals surface area contributed by atoms with Crippen molar-refractivity contribution in [1.82, 2.24) is 5.32 Å². The van der Waals surface area contributed by atoms with Gasteiger partial charge in [-0.05, 0) is 30.5 Å². The van der Waals surface area contributed by atoms with Gasteiger partial charge in [0.2, 0.25) is 5.91 Å². The molecule has 5 nitrogen and oxygen atoms in total. The van der Waals surface area contributed by atoms with Crippen molar-refractivity contribution in [3.05, 3.63) is 29.8 Å². The second-order valence-corrected chi connectivity index (χ2v) is 5.03. The van der Waals surface area contributed by atoms with Crippen LogP contribution >= 0.6 is 0 Å². The standard InChI is InChI=1S/C15H19NO4/c1-3-13(9-4-6-10(20-2)7-5-9)16-14(17)11-8-12(11)15(18)19/h4-7,11-13H,3,8H2,1-2H3,(H,16,17)(H,18,19)/t11-,12+,13+/m1/s1. The minimum Gasteiger partial charge on any atom is -0.497 e. The lowest BCUT2D eigenvalue weighted by atomic mass is 10.0. The number of nitrogens with one attached hydrogen (secondary N) is 1. The normalized spacial score (nSPS) is 21.9. The molecular formula is C15H19NO4. The lowest BCUT2D eigenvalue weighted by molar-refractivity contribution is -0.140. The third kappa shape index (κ3) is 3.10. The molecule has 1 aliphatic rings. The van der Waals surface area contributed by atoms with E-state index in [1.165, 1.54) is 0 Å². The van der Waals surface area contributed by atoms with Crippen LogP contribution in [0.5, 0.6) is 5.75 Å². The van der Waals surface area contributed by atoms with Gasteiger partial charge >= 0.3 is 5.97 Å². The van der Waals surface area contributed by atoms with Crippen LogP contribution in [-0.4, -0.2) is 24.1 Å². The summed E-state index contributed by atoms with van der Waals surface area (Å²) in [5, 5.41) is 11.8. The number of hydrogen-bond acceptors (Lipinski definition) is 3. The third-order valence-electron chi connectivity index (χ3n) is 3.69. The highest BCUT2D eigenvalue weighted by Crippen LogP contribution is 2.39. The first-order valence-corrected chi connectivity index (χ1v) is 6.74. The average Bonchev–Trinajstić information content (AvgIpc) is 3.25. The molecule has 1 aliphatic carbocycles. The highest BCUT2D eigenvalue weighted by Gasteiger charge is 2.48. The number of methoxy groups -OCH3 is 1. The van der Waals surface area contributed by atoms with Crippen LogP contribution < -0.4 is 10.1 Å². The zero-order valence-corrected chi connectivity index (χ0v) is 11.6. The molecule has 0 unspecified atom stereocenters. The maximum absolute atomic E-state index is 12.0. The van der Waals surface area contributed by atoms with Gasteiger partial charge in [0.15, 0.2) is 0 Å². The van der Waals surface area contributed by atoms with Crippen molar-refractivity contribution in [1.29, 1.82) is 0 Å². The monoisotopic (exact) mass is 277 g/mol. The summed E-state index contributed by atoms with van der Waals surface area (Å²) in [7, 11) is 1.60. The van der Waals surface area contributed by atoms with Crippen LogP contribution in [0.1, 0.15) is 31.4 Å². The summed E-state index contributed by atoms with van der Waals surface area (Å²) < 4.78 is 5.10. The van der Waals surface area contributed by atoms with Gasteiger partial charge in [-0.1, -0.05) is 19.1 Å². The Hall–Kier alpha value is -2.04. The summed E-state index contributed by atoms with van der Waals surface area (Å²) in [6.07, 6.45) is 1.20. The highest BCUT2D eigenvalue weighted by atomic mass is 16.5. The van der Waals surface area contributed by atoms with Crippen molar-refractivity contribution in [2.75, 3.05) is 7.11 Å². The topological polar surface area (TPSA) is 75.6 Å². The van der Waals surface area contributed by atoms with E-state index in [-0.39, 0.29) is 17.9 Å². The van der Waals surface area contributed by atoms with E-state index in [1.54, 1.807) is 7.11 Å². The fourth-order valence-electron chi connectivity index (χ4n) is 2.29. The predicted molar refractivity (Wildman–Crippen MR) is 73.4 cm³/mol. The fourth-order valence-corrected chi connectivity index (χ4v) is 2.29. The molecule has 5 heteroatoms. The van der Waals surface area contributed by atoms with Crippen molar-refractivity contribution in [3.63, 3.8) is 0 Å². The Balaban J connectivity index is 1.98. The van der Waals surface area contributed by atoms with E-state index in [2.05, 4.69) is 5.32 Å². The Kier molecular flexibility index (Phi) is 4.27. The fraction of sp³-hybridized carbons (Fsp3) is 0.467. The van der Waals surface area contributed by atoms with Crippen molar-refractivity contribution in [2.45, 2.75) is 25.8 Å². The molecule has 2 rings (SSSR count). The Morgan fingerprint density at radius 1 is 1.35 bits per heavy atom. The average molecular weight is 277 g/mol. The third-order valence-corrected chi connectivity index (χ3v) is 3.69. The summed E-state index contributed by atoms with van der Waals surface area (Å²) in [6, 6.07) is 7.43. The molecule has 2 N–H and O–H groups in total. The molecule has 0 heterocycles. The molecule has 0 aliphatic heterocycles. The number of aliphatic carboxylic acids is 1. The van der Waals surface area contributed by atoms with Crippen LogP contribution in [-0.2, 0) is 9.59 Å².